The lowest BCUT2D eigenvalue weighted by Gasteiger charge is -2.36. The Morgan fingerprint density at radius 3 is 2.71 bits per heavy atom. The number of nitrogens with one attached hydrogen (secondary N) is 1. The molecule has 1 aromatic rings. The molecule has 0 spiro atoms. The molecule has 3 aliphatic rings. The average molecular weight is 423 g/mol. The lowest BCUT2D eigenvalue weighted by molar-refractivity contribution is -0.114. The molecule has 1 N–H and O–H groups in total. The first kappa shape index (κ1) is 21.1. The van der Waals surface area contributed by atoms with Gasteiger partial charge in [-0.05, 0) is 42.3 Å². The summed E-state index contributed by atoms with van der Waals surface area (Å²) in [6.07, 6.45) is 6.42. The SMILES string of the molecule is CCC1=CC2N=CC(CN3CCN(c4ccc(C(=O)NC)c(F)c4)CC3)=CC2=NC1=O. The van der Waals surface area contributed by atoms with Gasteiger partial charge in [0.05, 0.1) is 11.3 Å². The molecule has 1 unspecified atom stereocenters. The number of fused-ring (bicyclic) bond motifs is 1. The van der Waals surface area contributed by atoms with Crippen LogP contribution in [0.25, 0.3) is 0 Å². The van der Waals surface area contributed by atoms with Crippen molar-refractivity contribution in [3.63, 3.8) is 0 Å². The van der Waals surface area contributed by atoms with Gasteiger partial charge in [0.1, 0.15) is 11.9 Å². The quantitative estimate of drug-likeness (QED) is 0.786. The van der Waals surface area contributed by atoms with E-state index in [1.807, 2.05) is 25.3 Å². The molecule has 31 heavy (non-hydrogen) atoms. The average Bonchev–Trinajstić information content (AvgIpc) is 2.78. The molecule has 0 saturated carbocycles. The number of hydrogen-bond donors (Lipinski definition) is 1. The predicted octanol–water partition coefficient (Wildman–Crippen LogP) is 2.00. The van der Waals surface area contributed by atoms with Crippen molar-refractivity contribution in [2.75, 3.05) is 44.7 Å². The van der Waals surface area contributed by atoms with Gasteiger partial charge in [0.2, 0.25) is 0 Å². The van der Waals surface area contributed by atoms with Crippen LogP contribution in [0.1, 0.15) is 23.7 Å². The predicted molar refractivity (Wildman–Crippen MR) is 120 cm³/mol. The van der Waals surface area contributed by atoms with Gasteiger partial charge in [0.25, 0.3) is 11.8 Å². The highest BCUT2D eigenvalue weighted by molar-refractivity contribution is 6.16. The first-order chi connectivity index (χ1) is 15.0. The second-order valence-electron chi connectivity index (χ2n) is 7.84. The summed E-state index contributed by atoms with van der Waals surface area (Å²) < 4.78 is 14.3. The Labute approximate surface area is 181 Å². The molecule has 1 atom stereocenters. The third-order valence-corrected chi connectivity index (χ3v) is 5.85. The summed E-state index contributed by atoms with van der Waals surface area (Å²) in [6.45, 7) is 5.83. The van der Waals surface area contributed by atoms with Gasteiger partial charge in [-0.2, -0.15) is 0 Å². The fraction of sp³-hybridized carbons (Fsp3) is 0.391. The summed E-state index contributed by atoms with van der Waals surface area (Å²) in [4.78, 5) is 36.9. The number of aliphatic imine (C=N–C) groups is 2. The molecule has 1 aromatic carbocycles. The molecular formula is C23H26FN5O2. The van der Waals surface area contributed by atoms with E-state index in [2.05, 4.69) is 25.1 Å². The summed E-state index contributed by atoms with van der Waals surface area (Å²) in [7, 11) is 1.49. The lowest BCUT2D eigenvalue weighted by Crippen LogP contribution is -2.47. The third kappa shape index (κ3) is 4.49. The van der Waals surface area contributed by atoms with Gasteiger partial charge in [-0.1, -0.05) is 6.92 Å². The minimum atomic E-state index is -0.513. The highest BCUT2D eigenvalue weighted by Gasteiger charge is 2.25. The molecule has 7 nitrogen and oxygen atoms in total. The lowest BCUT2D eigenvalue weighted by atomic mass is 9.98. The smallest absolute Gasteiger partial charge is 0.272 e. The van der Waals surface area contributed by atoms with Crippen LogP contribution in [0, 0.1) is 5.82 Å². The molecule has 3 aliphatic heterocycles. The monoisotopic (exact) mass is 423 g/mol. The number of rotatable bonds is 5. The molecule has 162 valence electrons. The molecule has 0 radical (unpaired) electrons. The Balaban J connectivity index is 1.35. The summed E-state index contributed by atoms with van der Waals surface area (Å²) in [6, 6.07) is 4.59. The number of benzene rings is 1. The Hall–Kier alpha value is -3.13. The van der Waals surface area contributed by atoms with Gasteiger partial charge in [-0.25, -0.2) is 9.38 Å². The van der Waals surface area contributed by atoms with Crippen LogP contribution in [0.5, 0.6) is 0 Å². The van der Waals surface area contributed by atoms with Crippen LogP contribution in [-0.2, 0) is 4.79 Å². The normalized spacial score (nSPS) is 21.3. The van der Waals surface area contributed by atoms with E-state index in [1.54, 1.807) is 6.07 Å². The zero-order chi connectivity index (χ0) is 22.0. The molecule has 1 saturated heterocycles. The van der Waals surface area contributed by atoms with Gasteiger partial charge in [-0.15, -0.1) is 0 Å². The first-order valence-corrected chi connectivity index (χ1v) is 10.5. The number of anilines is 1. The van der Waals surface area contributed by atoms with Crippen molar-refractivity contribution in [1.82, 2.24) is 10.2 Å². The van der Waals surface area contributed by atoms with Crippen LogP contribution in [-0.4, -0.2) is 74.5 Å². The zero-order valence-electron chi connectivity index (χ0n) is 17.8. The second kappa shape index (κ2) is 8.93. The molecule has 4 rings (SSSR count). The molecule has 3 heterocycles. The van der Waals surface area contributed by atoms with E-state index >= 15 is 0 Å². The number of nitrogens with zero attached hydrogens (tertiary/aromatic N) is 4. The van der Waals surface area contributed by atoms with Gasteiger partial charge in [-0.3, -0.25) is 19.5 Å². The number of hydrogen-bond acceptors (Lipinski definition) is 5. The number of dihydropyridines is 2. The van der Waals surface area contributed by atoms with Crippen LogP contribution in [0.3, 0.4) is 0 Å². The maximum Gasteiger partial charge on any atom is 0.272 e. The van der Waals surface area contributed by atoms with E-state index in [0.29, 0.717) is 12.1 Å². The minimum Gasteiger partial charge on any atom is -0.369 e. The van der Waals surface area contributed by atoms with Crippen molar-refractivity contribution in [3.8, 4) is 0 Å². The molecule has 8 heteroatoms. The zero-order valence-corrected chi connectivity index (χ0v) is 17.8. The largest absolute Gasteiger partial charge is 0.369 e. The Morgan fingerprint density at radius 1 is 1.26 bits per heavy atom. The van der Waals surface area contributed by atoms with Gasteiger partial charge >= 0.3 is 0 Å². The number of carbonyl (C=O) groups is 2. The van der Waals surface area contributed by atoms with Crippen LogP contribution in [0.4, 0.5) is 10.1 Å². The van der Waals surface area contributed by atoms with Crippen molar-refractivity contribution in [2.45, 2.75) is 19.4 Å². The van der Waals surface area contributed by atoms with E-state index in [-0.39, 0.29) is 17.5 Å². The molecular weight excluding hydrogens is 397 g/mol. The molecule has 0 aromatic heterocycles. The van der Waals surface area contributed by atoms with E-state index in [0.717, 1.165) is 49.6 Å². The molecule has 0 bridgehead atoms. The molecule has 0 aliphatic carbocycles. The fourth-order valence-corrected chi connectivity index (χ4v) is 4.04. The van der Waals surface area contributed by atoms with E-state index in [9.17, 15) is 14.0 Å². The van der Waals surface area contributed by atoms with Gasteiger partial charge in [0.15, 0.2) is 0 Å². The highest BCUT2D eigenvalue weighted by atomic mass is 19.1. The van der Waals surface area contributed by atoms with Crippen molar-refractivity contribution in [3.05, 3.63) is 52.9 Å². The summed E-state index contributed by atoms with van der Waals surface area (Å²) in [5.41, 5.74) is 3.30. The molecule has 1 fully saturated rings. The molecule has 2 amide bonds. The summed E-state index contributed by atoms with van der Waals surface area (Å²) in [5.74, 6) is -1.10. The van der Waals surface area contributed by atoms with Crippen LogP contribution < -0.4 is 10.2 Å². The topological polar surface area (TPSA) is 77.4 Å². The van der Waals surface area contributed by atoms with Gasteiger partial charge < -0.3 is 10.2 Å². The Bertz CT molecular complexity index is 1020. The number of amides is 2. The summed E-state index contributed by atoms with van der Waals surface area (Å²) >= 11 is 0. The van der Waals surface area contributed by atoms with E-state index in [1.165, 1.54) is 19.2 Å². The highest BCUT2D eigenvalue weighted by Crippen LogP contribution is 2.22. The number of carbonyl (C=O) groups excluding carboxylic acids is 2. The maximum atomic E-state index is 14.3. The summed E-state index contributed by atoms with van der Waals surface area (Å²) in [5, 5.41) is 2.45. The van der Waals surface area contributed by atoms with Crippen molar-refractivity contribution < 1.29 is 14.0 Å². The Kier molecular flexibility index (Phi) is 6.08. The van der Waals surface area contributed by atoms with Crippen molar-refractivity contribution >= 4 is 29.4 Å². The van der Waals surface area contributed by atoms with Crippen molar-refractivity contribution in [2.24, 2.45) is 9.98 Å². The fourth-order valence-electron chi connectivity index (χ4n) is 4.04. The van der Waals surface area contributed by atoms with Crippen LogP contribution in [0.15, 0.2) is 51.5 Å². The number of halogens is 1. The number of piperazine rings is 1. The second-order valence-corrected chi connectivity index (χ2v) is 7.84. The van der Waals surface area contributed by atoms with E-state index in [4.69, 9.17) is 0 Å². The Morgan fingerprint density at radius 2 is 2.03 bits per heavy atom. The maximum absolute atomic E-state index is 14.3. The van der Waals surface area contributed by atoms with Crippen LogP contribution >= 0.6 is 0 Å². The minimum absolute atomic E-state index is 0.0525. The third-order valence-electron chi connectivity index (χ3n) is 5.85. The van der Waals surface area contributed by atoms with Crippen molar-refractivity contribution in [1.29, 1.82) is 0 Å². The first-order valence-electron chi connectivity index (χ1n) is 10.5. The standard InChI is InChI=1S/C23H26FN5O2/c1-3-16-11-20-21(27-22(16)30)10-15(13-26-20)14-28-6-8-29(9-7-28)17-4-5-18(19(24)12-17)23(31)25-2/h4-5,10-13,20H,3,6-9,14H2,1-2H3,(H,25,31). The van der Waals surface area contributed by atoms with Gasteiger partial charge in [0, 0.05) is 57.2 Å². The van der Waals surface area contributed by atoms with E-state index < -0.39 is 11.7 Å². The van der Waals surface area contributed by atoms with Crippen LogP contribution in [0.2, 0.25) is 0 Å².